The molecule has 0 saturated heterocycles. The van der Waals surface area contributed by atoms with Gasteiger partial charge in [0.2, 0.25) is 0 Å². The van der Waals surface area contributed by atoms with E-state index in [1.165, 1.54) is 0 Å². The fourth-order valence-electron chi connectivity index (χ4n) is 0.299. The molecule has 0 aromatic heterocycles. The number of allylic oxidation sites excluding steroid dienone is 2. The third kappa shape index (κ3) is 7.28. The van der Waals surface area contributed by atoms with Gasteiger partial charge in [0.05, 0.1) is 11.9 Å². The van der Waals surface area contributed by atoms with E-state index in [4.69, 9.17) is 4.74 Å². The van der Waals surface area contributed by atoms with E-state index < -0.39 is 0 Å². The summed E-state index contributed by atoms with van der Waals surface area (Å²) in [4.78, 5) is 0. The minimum Gasteiger partial charge on any atom is -0.496 e. The molecule has 0 N–H and O–H groups in total. The molecule has 0 aromatic carbocycles. The van der Waals surface area contributed by atoms with Crippen molar-refractivity contribution in [1.29, 1.82) is 0 Å². The minimum atomic E-state index is -0.0838. The van der Waals surface area contributed by atoms with E-state index in [2.05, 4.69) is 6.58 Å². The molecule has 0 rings (SSSR count). The molecule has 52 valence electrons. The van der Waals surface area contributed by atoms with Crippen LogP contribution < -0.4 is 0 Å². The second kappa shape index (κ2) is 3.33. The van der Waals surface area contributed by atoms with Crippen LogP contribution in [0.25, 0.3) is 0 Å². The molecule has 1 heteroatoms. The third-order valence-corrected chi connectivity index (χ3v) is 0.636. The average molecular weight is 126 g/mol. The Kier molecular flexibility index (Phi) is 3.07. The number of hydrogen-bond donors (Lipinski definition) is 0. The molecule has 0 amide bonds. The van der Waals surface area contributed by atoms with Crippen molar-refractivity contribution in [3.63, 3.8) is 0 Å². The maximum atomic E-state index is 5.22. The molecule has 0 radical (unpaired) electrons. The maximum Gasteiger partial charge on any atom is 0.0998 e. The molecule has 0 unspecified atom stereocenters. The van der Waals surface area contributed by atoms with Crippen molar-refractivity contribution >= 4 is 0 Å². The van der Waals surface area contributed by atoms with Gasteiger partial charge in [0, 0.05) is 0 Å². The van der Waals surface area contributed by atoms with E-state index in [0.717, 1.165) is 0 Å². The topological polar surface area (TPSA) is 9.23 Å². The van der Waals surface area contributed by atoms with Crippen molar-refractivity contribution in [3.8, 4) is 0 Å². The molecule has 9 heavy (non-hydrogen) atoms. The lowest BCUT2D eigenvalue weighted by Crippen LogP contribution is -2.14. The molecule has 0 bridgehead atoms. The van der Waals surface area contributed by atoms with Crippen LogP contribution in [-0.2, 0) is 4.74 Å². The first-order valence-corrected chi connectivity index (χ1v) is 3.01. The van der Waals surface area contributed by atoms with E-state index in [1.54, 1.807) is 18.4 Å². The summed E-state index contributed by atoms with van der Waals surface area (Å²) in [6.45, 7) is 9.51. The molecule has 0 aliphatic heterocycles. The van der Waals surface area contributed by atoms with E-state index in [9.17, 15) is 0 Å². The Hall–Kier alpha value is -0.720. The molecule has 0 spiro atoms. The molecular formula is C8H14O. The summed E-state index contributed by atoms with van der Waals surface area (Å²) in [6.07, 6.45) is 5.10. The Balaban J connectivity index is 3.50. The Bertz CT molecular complexity index is 106. The van der Waals surface area contributed by atoms with Crippen molar-refractivity contribution in [2.75, 3.05) is 0 Å². The summed E-state index contributed by atoms with van der Waals surface area (Å²) in [6, 6.07) is 0. The fourth-order valence-corrected chi connectivity index (χ4v) is 0.299. The lowest BCUT2D eigenvalue weighted by Gasteiger charge is -2.17. The van der Waals surface area contributed by atoms with Gasteiger partial charge >= 0.3 is 0 Å². The van der Waals surface area contributed by atoms with Crippen molar-refractivity contribution in [2.45, 2.75) is 26.4 Å². The van der Waals surface area contributed by atoms with E-state index in [-0.39, 0.29) is 5.60 Å². The number of hydrogen-bond acceptors (Lipinski definition) is 1. The second-order valence-electron chi connectivity index (χ2n) is 2.79. The van der Waals surface area contributed by atoms with Crippen LogP contribution in [0.3, 0.4) is 0 Å². The largest absolute Gasteiger partial charge is 0.496 e. The van der Waals surface area contributed by atoms with Gasteiger partial charge in [-0.1, -0.05) is 12.7 Å². The van der Waals surface area contributed by atoms with Crippen molar-refractivity contribution < 1.29 is 4.74 Å². The summed E-state index contributed by atoms with van der Waals surface area (Å²) in [5, 5.41) is 0. The van der Waals surface area contributed by atoms with Crippen molar-refractivity contribution in [3.05, 3.63) is 25.0 Å². The van der Waals surface area contributed by atoms with Gasteiger partial charge < -0.3 is 4.74 Å². The summed E-state index contributed by atoms with van der Waals surface area (Å²) in [5.74, 6) is 0. The summed E-state index contributed by atoms with van der Waals surface area (Å²) in [5.41, 5.74) is -0.0838. The Morgan fingerprint density at radius 3 is 2.22 bits per heavy atom. The molecule has 0 fully saturated rings. The quantitative estimate of drug-likeness (QED) is 0.408. The SMILES string of the molecule is C=C/C=C/OC(C)(C)C. The lowest BCUT2D eigenvalue weighted by molar-refractivity contribution is 0.0768. The summed E-state index contributed by atoms with van der Waals surface area (Å²) in [7, 11) is 0. The molecule has 0 heterocycles. The van der Waals surface area contributed by atoms with Crippen LogP contribution in [0.2, 0.25) is 0 Å². The van der Waals surface area contributed by atoms with Crippen molar-refractivity contribution in [1.82, 2.24) is 0 Å². The smallest absolute Gasteiger partial charge is 0.0998 e. The van der Waals surface area contributed by atoms with Gasteiger partial charge in [0.1, 0.15) is 0 Å². The van der Waals surface area contributed by atoms with Crippen LogP contribution in [0.15, 0.2) is 25.0 Å². The lowest BCUT2D eigenvalue weighted by atomic mass is 10.2. The predicted molar refractivity (Wildman–Crippen MR) is 40.2 cm³/mol. The number of rotatable bonds is 2. The van der Waals surface area contributed by atoms with Gasteiger partial charge in [-0.25, -0.2) is 0 Å². The molecule has 1 nitrogen and oxygen atoms in total. The molecule has 0 saturated carbocycles. The van der Waals surface area contributed by atoms with Gasteiger partial charge in [-0.15, -0.1) is 0 Å². The Morgan fingerprint density at radius 2 is 1.89 bits per heavy atom. The molecular weight excluding hydrogens is 112 g/mol. The van der Waals surface area contributed by atoms with E-state index >= 15 is 0 Å². The summed E-state index contributed by atoms with van der Waals surface area (Å²) < 4.78 is 5.22. The highest BCUT2D eigenvalue weighted by atomic mass is 16.5. The Labute approximate surface area is 57.0 Å². The summed E-state index contributed by atoms with van der Waals surface area (Å²) >= 11 is 0. The van der Waals surface area contributed by atoms with Crippen LogP contribution >= 0.6 is 0 Å². The molecule has 0 aromatic rings. The van der Waals surface area contributed by atoms with Crippen LogP contribution in [0.4, 0.5) is 0 Å². The van der Waals surface area contributed by atoms with Crippen LogP contribution in [0, 0.1) is 0 Å². The fraction of sp³-hybridized carbons (Fsp3) is 0.500. The third-order valence-electron chi connectivity index (χ3n) is 0.636. The first-order valence-electron chi connectivity index (χ1n) is 3.01. The highest BCUT2D eigenvalue weighted by Gasteiger charge is 2.06. The van der Waals surface area contributed by atoms with Gasteiger partial charge in [0.25, 0.3) is 0 Å². The van der Waals surface area contributed by atoms with Gasteiger partial charge in [-0.2, -0.15) is 0 Å². The van der Waals surface area contributed by atoms with Gasteiger partial charge in [-0.05, 0) is 26.8 Å². The maximum absolute atomic E-state index is 5.22. The molecule has 0 aliphatic carbocycles. The Morgan fingerprint density at radius 1 is 1.33 bits per heavy atom. The highest BCUT2D eigenvalue weighted by Crippen LogP contribution is 2.06. The average Bonchev–Trinajstić information content (AvgIpc) is 1.63. The number of ether oxygens (including phenoxy) is 1. The van der Waals surface area contributed by atoms with Crippen molar-refractivity contribution in [2.24, 2.45) is 0 Å². The first-order chi connectivity index (χ1) is 4.06. The first kappa shape index (κ1) is 8.28. The molecule has 0 atom stereocenters. The van der Waals surface area contributed by atoms with Gasteiger partial charge in [-0.3, -0.25) is 0 Å². The van der Waals surface area contributed by atoms with E-state index in [0.29, 0.717) is 0 Å². The highest BCUT2D eigenvalue weighted by molar-refractivity contribution is 4.93. The van der Waals surface area contributed by atoms with Gasteiger partial charge in [0.15, 0.2) is 0 Å². The minimum absolute atomic E-state index is 0.0838. The second-order valence-corrected chi connectivity index (χ2v) is 2.79. The zero-order valence-corrected chi connectivity index (χ0v) is 6.35. The standard InChI is InChI=1S/C8H14O/c1-5-6-7-9-8(2,3)4/h5-7H,1H2,2-4H3/b7-6+. The van der Waals surface area contributed by atoms with Crippen LogP contribution in [-0.4, -0.2) is 5.60 Å². The predicted octanol–water partition coefficient (Wildman–Crippen LogP) is 2.50. The van der Waals surface area contributed by atoms with Crippen LogP contribution in [0.5, 0.6) is 0 Å². The zero-order chi connectivity index (χ0) is 7.33. The zero-order valence-electron chi connectivity index (χ0n) is 6.35. The monoisotopic (exact) mass is 126 g/mol. The van der Waals surface area contributed by atoms with Crippen LogP contribution in [0.1, 0.15) is 20.8 Å². The van der Waals surface area contributed by atoms with E-state index in [1.807, 2.05) is 20.8 Å². The molecule has 0 aliphatic rings. The normalized spacial score (nSPS) is 11.9.